The van der Waals surface area contributed by atoms with Crippen LogP contribution in [0.5, 0.6) is 0 Å². The Labute approximate surface area is 295 Å². The fraction of sp³-hybridized carbons (Fsp3) is 0.0213. The number of benzene rings is 8. The Kier molecular flexibility index (Phi) is 6.85. The molecule has 0 bridgehead atoms. The summed E-state index contributed by atoms with van der Waals surface area (Å²) < 4.78 is 6.79. The zero-order valence-electron chi connectivity index (χ0n) is 27.6. The molecular weight excluding hydrogens is 623 g/mol. The first-order valence-corrected chi connectivity index (χ1v) is 17.3. The van der Waals surface area contributed by atoms with E-state index in [0.717, 1.165) is 55.6 Å². The van der Waals surface area contributed by atoms with E-state index in [9.17, 15) is 0 Å². The van der Waals surface area contributed by atoms with Crippen molar-refractivity contribution in [2.45, 2.75) is 6.17 Å². The first kappa shape index (κ1) is 29.2. The molecule has 4 heteroatoms. The second kappa shape index (κ2) is 12.0. The predicted molar refractivity (Wildman–Crippen MR) is 211 cm³/mol. The highest BCUT2D eigenvalue weighted by Crippen LogP contribution is 2.42. The average molecular weight is 654 g/mol. The molecule has 2 heterocycles. The molecule has 240 valence electrons. The SMILES string of the molecule is c1ccc(C2=NC(c3cccc4oc5c(-c6cc7ccccc7c7ccccc67)cccc5c34)=NC(c3ccc(-c4ccccc4)cc3)N2)cc1. The average Bonchev–Trinajstić information content (AvgIpc) is 3.60. The van der Waals surface area contributed by atoms with Gasteiger partial charge in [-0.2, -0.15) is 0 Å². The molecule has 0 amide bonds. The Morgan fingerprint density at radius 2 is 1.10 bits per heavy atom. The van der Waals surface area contributed by atoms with Crippen LogP contribution in [0.25, 0.3) is 65.7 Å². The fourth-order valence-electron chi connectivity index (χ4n) is 7.49. The number of para-hydroxylation sites is 1. The van der Waals surface area contributed by atoms with Gasteiger partial charge in [0.1, 0.15) is 23.2 Å². The molecule has 1 aromatic heterocycles. The van der Waals surface area contributed by atoms with Gasteiger partial charge in [0.05, 0.1) is 0 Å². The molecule has 0 saturated carbocycles. The van der Waals surface area contributed by atoms with Gasteiger partial charge in [0.2, 0.25) is 0 Å². The summed E-state index contributed by atoms with van der Waals surface area (Å²) in [5, 5.41) is 10.6. The lowest BCUT2D eigenvalue weighted by Crippen LogP contribution is -2.33. The Morgan fingerprint density at radius 3 is 1.90 bits per heavy atom. The van der Waals surface area contributed by atoms with Gasteiger partial charge in [-0.1, -0.05) is 164 Å². The van der Waals surface area contributed by atoms with E-state index in [1.165, 1.54) is 32.7 Å². The van der Waals surface area contributed by atoms with Crippen LogP contribution in [0.2, 0.25) is 0 Å². The maximum absolute atomic E-state index is 6.79. The summed E-state index contributed by atoms with van der Waals surface area (Å²) in [4.78, 5) is 10.4. The monoisotopic (exact) mass is 653 g/mol. The third kappa shape index (κ3) is 5.00. The minimum Gasteiger partial charge on any atom is -0.455 e. The van der Waals surface area contributed by atoms with Crippen molar-refractivity contribution in [3.63, 3.8) is 0 Å². The third-order valence-corrected chi connectivity index (χ3v) is 9.95. The van der Waals surface area contributed by atoms with Gasteiger partial charge in [-0.25, -0.2) is 9.98 Å². The van der Waals surface area contributed by atoms with Crippen molar-refractivity contribution < 1.29 is 4.42 Å². The summed E-state index contributed by atoms with van der Waals surface area (Å²) in [6.45, 7) is 0. The quantitative estimate of drug-likeness (QED) is 0.188. The van der Waals surface area contributed by atoms with Crippen molar-refractivity contribution in [2.75, 3.05) is 0 Å². The number of fused-ring (bicyclic) bond motifs is 6. The Hall–Kier alpha value is -6.78. The number of nitrogens with one attached hydrogen (secondary N) is 1. The van der Waals surface area contributed by atoms with Gasteiger partial charge in [0.15, 0.2) is 5.84 Å². The van der Waals surface area contributed by atoms with Crippen LogP contribution < -0.4 is 5.32 Å². The van der Waals surface area contributed by atoms with E-state index in [2.05, 4.69) is 145 Å². The zero-order valence-corrected chi connectivity index (χ0v) is 27.6. The van der Waals surface area contributed by atoms with Crippen molar-refractivity contribution in [2.24, 2.45) is 9.98 Å². The molecule has 0 spiro atoms. The van der Waals surface area contributed by atoms with Gasteiger partial charge >= 0.3 is 0 Å². The number of rotatable bonds is 5. The zero-order chi connectivity index (χ0) is 33.7. The van der Waals surface area contributed by atoms with Gasteiger partial charge in [-0.05, 0) is 55.9 Å². The molecular formula is C47H31N3O. The van der Waals surface area contributed by atoms with Gasteiger partial charge in [-0.15, -0.1) is 0 Å². The van der Waals surface area contributed by atoms with E-state index in [4.69, 9.17) is 14.4 Å². The van der Waals surface area contributed by atoms with Crippen molar-refractivity contribution >= 4 is 55.2 Å². The second-order valence-corrected chi connectivity index (χ2v) is 13.0. The molecule has 51 heavy (non-hydrogen) atoms. The highest BCUT2D eigenvalue weighted by Gasteiger charge is 2.24. The lowest BCUT2D eigenvalue weighted by Gasteiger charge is -2.24. The maximum atomic E-state index is 6.79. The molecule has 0 fully saturated rings. The second-order valence-electron chi connectivity index (χ2n) is 13.0. The molecule has 1 atom stereocenters. The summed E-state index contributed by atoms with van der Waals surface area (Å²) >= 11 is 0. The van der Waals surface area contributed by atoms with E-state index in [-0.39, 0.29) is 6.17 Å². The van der Waals surface area contributed by atoms with E-state index in [1.54, 1.807) is 0 Å². The molecule has 8 aromatic carbocycles. The number of hydrogen-bond acceptors (Lipinski definition) is 4. The molecule has 1 N–H and O–H groups in total. The van der Waals surface area contributed by atoms with Crippen LogP contribution in [0, 0.1) is 0 Å². The van der Waals surface area contributed by atoms with Crippen molar-refractivity contribution in [3.8, 4) is 22.3 Å². The molecule has 1 unspecified atom stereocenters. The summed E-state index contributed by atoms with van der Waals surface area (Å²) in [7, 11) is 0. The number of hydrogen-bond donors (Lipinski definition) is 1. The molecule has 10 rings (SSSR count). The fourth-order valence-corrected chi connectivity index (χ4v) is 7.49. The lowest BCUT2D eigenvalue weighted by atomic mass is 9.92. The summed E-state index contributed by atoms with van der Waals surface area (Å²) in [6.07, 6.45) is -0.328. The standard InChI is InChI=1S/C47H31N3O/c1-3-13-30(14-4-1)31-25-27-33(28-26-31)46-48-45(32-15-5-2-6-16-32)49-47(50-46)40-23-12-24-42-43(40)39-22-11-21-38(44(39)51-42)41-29-34-17-7-8-18-35(34)36-19-9-10-20-37(36)41/h1-29,46H,(H,48,49,50). The van der Waals surface area contributed by atoms with Gasteiger partial charge < -0.3 is 9.73 Å². The number of amidine groups is 2. The molecule has 1 aliphatic heterocycles. The first-order chi connectivity index (χ1) is 25.3. The summed E-state index contributed by atoms with van der Waals surface area (Å²) in [6, 6.07) is 61.5. The lowest BCUT2D eigenvalue weighted by molar-refractivity contribution is 0.669. The van der Waals surface area contributed by atoms with Gasteiger partial charge in [0, 0.05) is 27.5 Å². The Morgan fingerprint density at radius 1 is 0.471 bits per heavy atom. The van der Waals surface area contributed by atoms with Crippen LogP contribution in [-0.2, 0) is 0 Å². The molecule has 0 aliphatic carbocycles. The van der Waals surface area contributed by atoms with E-state index >= 15 is 0 Å². The van der Waals surface area contributed by atoms with Crippen molar-refractivity contribution in [3.05, 3.63) is 193 Å². The normalized spacial score (nSPS) is 14.5. The highest BCUT2D eigenvalue weighted by molar-refractivity contribution is 6.24. The Bertz CT molecular complexity index is 2820. The maximum Gasteiger partial charge on any atom is 0.160 e. The van der Waals surface area contributed by atoms with Crippen molar-refractivity contribution in [1.29, 1.82) is 0 Å². The van der Waals surface area contributed by atoms with E-state index < -0.39 is 0 Å². The molecule has 9 aromatic rings. The van der Waals surface area contributed by atoms with E-state index in [1.807, 2.05) is 36.4 Å². The van der Waals surface area contributed by atoms with Crippen LogP contribution in [0.1, 0.15) is 22.9 Å². The Balaban J connectivity index is 1.15. The van der Waals surface area contributed by atoms with Gasteiger partial charge in [0.25, 0.3) is 0 Å². The predicted octanol–water partition coefficient (Wildman–Crippen LogP) is 11.7. The summed E-state index contributed by atoms with van der Waals surface area (Å²) in [5.74, 6) is 1.45. The largest absolute Gasteiger partial charge is 0.455 e. The van der Waals surface area contributed by atoms with Crippen LogP contribution >= 0.6 is 0 Å². The number of furan rings is 1. The molecule has 0 saturated heterocycles. The third-order valence-electron chi connectivity index (χ3n) is 9.95. The topological polar surface area (TPSA) is 49.9 Å². The number of aliphatic imine (C=N–C) groups is 2. The van der Waals surface area contributed by atoms with Crippen LogP contribution in [-0.4, -0.2) is 11.7 Å². The van der Waals surface area contributed by atoms with Gasteiger partial charge in [-0.3, -0.25) is 0 Å². The summed E-state index contributed by atoms with van der Waals surface area (Å²) in [5.41, 5.74) is 9.23. The van der Waals surface area contributed by atoms with Crippen LogP contribution in [0.4, 0.5) is 0 Å². The van der Waals surface area contributed by atoms with Crippen LogP contribution in [0.3, 0.4) is 0 Å². The van der Waals surface area contributed by atoms with E-state index in [0.29, 0.717) is 5.84 Å². The van der Waals surface area contributed by atoms with Crippen LogP contribution in [0.15, 0.2) is 190 Å². The minimum atomic E-state index is -0.328. The highest BCUT2D eigenvalue weighted by atomic mass is 16.3. The number of nitrogens with zero attached hydrogens (tertiary/aromatic N) is 2. The minimum absolute atomic E-state index is 0.328. The molecule has 0 radical (unpaired) electrons. The van der Waals surface area contributed by atoms with Crippen molar-refractivity contribution in [1.82, 2.24) is 5.32 Å². The molecule has 4 nitrogen and oxygen atoms in total. The first-order valence-electron chi connectivity index (χ1n) is 17.3. The smallest absolute Gasteiger partial charge is 0.160 e. The molecule has 1 aliphatic rings.